The zero-order valence-electron chi connectivity index (χ0n) is 22.9. The van der Waals surface area contributed by atoms with Crippen molar-refractivity contribution in [3.05, 3.63) is 94.5 Å². The van der Waals surface area contributed by atoms with Crippen LogP contribution in [0, 0.1) is 5.92 Å². The average Bonchev–Trinajstić information content (AvgIpc) is 2.90. The van der Waals surface area contributed by atoms with E-state index in [0.717, 1.165) is 12.1 Å². The molecule has 1 fully saturated rings. The van der Waals surface area contributed by atoms with Gasteiger partial charge in [-0.2, -0.15) is 26.3 Å². The number of piperidine rings is 1. The number of carboxylic acids is 1. The SMILES string of the molecule is CC(C)CC(C(=O)O)c1cc(-c2ccccc2)cc(C2CCCN(Cc3ccc(C(F)(F)F)cc3)C2)c1C(F)(F)F. The smallest absolute Gasteiger partial charge is 0.416 e. The molecule has 9 heteroatoms. The first kappa shape index (κ1) is 30.6. The number of likely N-dealkylation sites (tertiary alicyclic amines) is 1. The summed E-state index contributed by atoms with van der Waals surface area (Å²) in [5, 5.41) is 10.1. The number of rotatable bonds is 8. The second-order valence-electron chi connectivity index (χ2n) is 11.2. The van der Waals surface area contributed by atoms with Crippen LogP contribution in [0.2, 0.25) is 0 Å². The molecule has 41 heavy (non-hydrogen) atoms. The summed E-state index contributed by atoms with van der Waals surface area (Å²) < 4.78 is 83.4. The third-order valence-corrected chi connectivity index (χ3v) is 7.60. The van der Waals surface area contributed by atoms with E-state index in [1.165, 1.54) is 18.2 Å². The number of hydrogen-bond acceptors (Lipinski definition) is 2. The van der Waals surface area contributed by atoms with E-state index in [4.69, 9.17) is 0 Å². The predicted molar refractivity (Wildman–Crippen MR) is 145 cm³/mol. The van der Waals surface area contributed by atoms with Crippen molar-refractivity contribution in [1.82, 2.24) is 4.90 Å². The number of carbonyl (C=O) groups is 1. The zero-order valence-corrected chi connectivity index (χ0v) is 22.9. The van der Waals surface area contributed by atoms with Gasteiger partial charge in [0.05, 0.1) is 17.0 Å². The zero-order chi connectivity index (χ0) is 29.9. The lowest BCUT2D eigenvalue weighted by Gasteiger charge is -2.35. The fraction of sp³-hybridized carbons (Fsp3) is 0.406. The van der Waals surface area contributed by atoms with Crippen molar-refractivity contribution >= 4 is 5.97 Å². The highest BCUT2D eigenvalue weighted by Gasteiger charge is 2.42. The van der Waals surface area contributed by atoms with Crippen LogP contribution in [0.25, 0.3) is 11.1 Å². The summed E-state index contributed by atoms with van der Waals surface area (Å²) in [6.45, 7) is 4.72. The summed E-state index contributed by atoms with van der Waals surface area (Å²) in [6, 6.07) is 16.7. The van der Waals surface area contributed by atoms with Crippen LogP contribution >= 0.6 is 0 Å². The maximum absolute atomic E-state index is 14.8. The van der Waals surface area contributed by atoms with Crippen molar-refractivity contribution < 1.29 is 36.2 Å². The van der Waals surface area contributed by atoms with Crippen molar-refractivity contribution in [3.63, 3.8) is 0 Å². The van der Waals surface area contributed by atoms with Gasteiger partial charge in [-0.1, -0.05) is 62.4 Å². The molecule has 0 aliphatic carbocycles. The van der Waals surface area contributed by atoms with Crippen LogP contribution in [0.3, 0.4) is 0 Å². The molecule has 0 saturated carbocycles. The Hall–Kier alpha value is -3.33. The second kappa shape index (κ2) is 12.3. The second-order valence-corrected chi connectivity index (χ2v) is 11.2. The van der Waals surface area contributed by atoms with Crippen LogP contribution in [0.5, 0.6) is 0 Å². The predicted octanol–water partition coefficient (Wildman–Crippen LogP) is 8.99. The van der Waals surface area contributed by atoms with E-state index in [2.05, 4.69) is 0 Å². The first-order chi connectivity index (χ1) is 19.2. The molecule has 0 radical (unpaired) electrons. The van der Waals surface area contributed by atoms with E-state index in [-0.39, 0.29) is 30.0 Å². The molecule has 2 atom stereocenters. The molecule has 1 aliphatic heterocycles. The number of halogens is 6. The van der Waals surface area contributed by atoms with Gasteiger partial charge in [0.15, 0.2) is 0 Å². The summed E-state index contributed by atoms with van der Waals surface area (Å²) in [5.41, 5.74) is 0.0549. The van der Waals surface area contributed by atoms with E-state index in [0.29, 0.717) is 42.6 Å². The minimum absolute atomic E-state index is 0.0564. The molecule has 3 aromatic carbocycles. The van der Waals surface area contributed by atoms with Crippen molar-refractivity contribution in [3.8, 4) is 11.1 Å². The Labute approximate surface area is 235 Å². The molecule has 2 unspecified atom stereocenters. The molecule has 4 rings (SSSR count). The molecule has 3 aromatic rings. The Morgan fingerprint density at radius 1 is 0.927 bits per heavy atom. The van der Waals surface area contributed by atoms with Gasteiger partial charge in [-0.3, -0.25) is 9.69 Å². The maximum Gasteiger partial charge on any atom is 0.416 e. The van der Waals surface area contributed by atoms with Crippen LogP contribution in [0.4, 0.5) is 26.3 Å². The van der Waals surface area contributed by atoms with E-state index >= 15 is 0 Å². The van der Waals surface area contributed by atoms with Gasteiger partial charge >= 0.3 is 18.3 Å². The number of benzene rings is 3. The number of carboxylic acid groups (broad SMARTS) is 1. The van der Waals surface area contributed by atoms with E-state index in [1.807, 2.05) is 4.90 Å². The summed E-state index contributed by atoms with van der Waals surface area (Å²) in [4.78, 5) is 14.3. The summed E-state index contributed by atoms with van der Waals surface area (Å²) in [5.74, 6) is -3.31. The molecular weight excluding hydrogens is 544 g/mol. The Balaban J connectivity index is 1.77. The fourth-order valence-electron chi connectivity index (χ4n) is 5.75. The molecule has 1 aliphatic rings. The van der Waals surface area contributed by atoms with Crippen LogP contribution in [0.1, 0.15) is 72.8 Å². The quantitative estimate of drug-likeness (QED) is 0.272. The van der Waals surface area contributed by atoms with Crippen LogP contribution in [-0.2, 0) is 23.7 Å². The Morgan fingerprint density at radius 3 is 2.15 bits per heavy atom. The molecule has 1 saturated heterocycles. The molecule has 3 nitrogen and oxygen atoms in total. The highest BCUT2D eigenvalue weighted by Crippen LogP contribution is 2.46. The van der Waals surface area contributed by atoms with Gasteiger partial charge in [0.2, 0.25) is 0 Å². The summed E-state index contributed by atoms with van der Waals surface area (Å²) in [7, 11) is 0. The van der Waals surface area contributed by atoms with Crippen molar-refractivity contribution in [1.29, 1.82) is 0 Å². The Morgan fingerprint density at radius 2 is 1.59 bits per heavy atom. The summed E-state index contributed by atoms with van der Waals surface area (Å²) >= 11 is 0. The highest BCUT2D eigenvalue weighted by atomic mass is 19.4. The van der Waals surface area contributed by atoms with Crippen molar-refractivity contribution in [2.75, 3.05) is 13.1 Å². The number of hydrogen-bond donors (Lipinski definition) is 1. The van der Waals surface area contributed by atoms with Gasteiger partial charge in [-0.15, -0.1) is 0 Å². The molecular formula is C32H33F6NO2. The molecule has 0 aromatic heterocycles. The minimum atomic E-state index is -4.78. The molecule has 0 bridgehead atoms. The van der Waals surface area contributed by atoms with Crippen molar-refractivity contribution in [2.45, 2.75) is 63.8 Å². The number of nitrogens with zero attached hydrogens (tertiary/aromatic N) is 1. The van der Waals surface area contributed by atoms with Gasteiger partial charge in [0.1, 0.15) is 0 Å². The first-order valence-electron chi connectivity index (χ1n) is 13.7. The topological polar surface area (TPSA) is 40.5 Å². The number of aliphatic carboxylic acids is 1. The third kappa shape index (κ3) is 7.50. The van der Waals surface area contributed by atoms with E-state index in [1.54, 1.807) is 50.2 Å². The Bertz CT molecular complexity index is 1330. The average molecular weight is 578 g/mol. The fourth-order valence-corrected chi connectivity index (χ4v) is 5.75. The highest BCUT2D eigenvalue weighted by molar-refractivity contribution is 5.79. The molecule has 0 amide bonds. The monoisotopic (exact) mass is 577 g/mol. The van der Waals surface area contributed by atoms with Crippen molar-refractivity contribution in [2.24, 2.45) is 5.92 Å². The van der Waals surface area contributed by atoms with Crippen LogP contribution in [-0.4, -0.2) is 29.1 Å². The molecule has 1 heterocycles. The first-order valence-corrected chi connectivity index (χ1v) is 13.7. The van der Waals surface area contributed by atoms with Crippen LogP contribution in [0.15, 0.2) is 66.7 Å². The van der Waals surface area contributed by atoms with Crippen LogP contribution < -0.4 is 0 Å². The van der Waals surface area contributed by atoms with Gasteiger partial charge in [0.25, 0.3) is 0 Å². The Kier molecular flexibility index (Phi) is 9.16. The minimum Gasteiger partial charge on any atom is -0.481 e. The third-order valence-electron chi connectivity index (χ3n) is 7.60. The lowest BCUT2D eigenvalue weighted by Crippen LogP contribution is -2.35. The van der Waals surface area contributed by atoms with Gasteiger partial charge in [-0.05, 0) is 83.7 Å². The van der Waals surface area contributed by atoms with Gasteiger partial charge < -0.3 is 5.11 Å². The molecule has 1 N–H and O–H groups in total. The molecule has 220 valence electrons. The molecule has 0 spiro atoms. The van der Waals surface area contributed by atoms with E-state index in [9.17, 15) is 36.2 Å². The van der Waals surface area contributed by atoms with Gasteiger partial charge in [0, 0.05) is 13.1 Å². The van der Waals surface area contributed by atoms with E-state index < -0.39 is 41.3 Å². The van der Waals surface area contributed by atoms with Gasteiger partial charge in [-0.25, -0.2) is 0 Å². The largest absolute Gasteiger partial charge is 0.481 e. The normalized spacial score (nSPS) is 17.5. The lowest BCUT2D eigenvalue weighted by molar-refractivity contribution is -0.142. The lowest BCUT2D eigenvalue weighted by atomic mass is 9.78. The summed E-state index contributed by atoms with van der Waals surface area (Å²) in [6.07, 6.45) is -8.09. The standard InChI is InChI=1S/C32H33F6NO2/c1-20(2)15-28(30(40)41)27-17-24(22-7-4-3-5-8-22)16-26(29(27)32(36,37)38)23-9-6-14-39(19-23)18-21-10-12-25(13-11-21)31(33,34)35/h3-5,7-8,10-13,16-17,20,23,28H,6,9,14-15,18-19H2,1-2H3,(H,40,41). The maximum atomic E-state index is 14.8. The number of alkyl halides is 6.